The number of hydrogen-bond donors (Lipinski definition) is 6. The molecular weight excluding hydrogens is 1010 g/mol. The van der Waals surface area contributed by atoms with Gasteiger partial charge < -0.3 is 15.3 Å². The maximum absolute atomic E-state index is 13.1. The highest BCUT2D eigenvalue weighted by Crippen LogP contribution is 2.46. The van der Waals surface area contributed by atoms with Crippen LogP contribution in [0.2, 0.25) is 0 Å². The van der Waals surface area contributed by atoms with E-state index in [1.54, 1.807) is 36.4 Å². The molecular formula is C49H55N4O15S4+. The molecule has 0 saturated heterocycles. The van der Waals surface area contributed by atoms with Gasteiger partial charge >= 0.3 is 5.97 Å². The van der Waals surface area contributed by atoms with E-state index < -0.39 is 77.3 Å². The number of carboxylic acid groups (broad SMARTS) is 1. The van der Waals surface area contributed by atoms with Gasteiger partial charge in [0.05, 0.1) is 26.5 Å². The summed E-state index contributed by atoms with van der Waals surface area (Å²) in [7, 11) is -19.8. The Morgan fingerprint density at radius 2 is 1.38 bits per heavy atom. The summed E-state index contributed by atoms with van der Waals surface area (Å²) in [5, 5.41) is 12.0. The first-order valence-electron chi connectivity index (χ1n) is 22.6. The van der Waals surface area contributed by atoms with E-state index in [1.807, 2.05) is 63.2 Å². The Morgan fingerprint density at radius 1 is 0.750 bits per heavy atom. The van der Waals surface area contributed by atoms with Crippen molar-refractivity contribution in [3.63, 3.8) is 0 Å². The van der Waals surface area contributed by atoms with Gasteiger partial charge in [0, 0.05) is 71.1 Å². The third-order valence-corrected chi connectivity index (χ3v) is 15.7. The Hall–Kier alpha value is -6.18. The van der Waals surface area contributed by atoms with Crippen molar-refractivity contribution in [2.45, 2.75) is 92.2 Å². The average Bonchev–Trinajstić information content (AvgIpc) is 3.52. The lowest BCUT2D eigenvalue weighted by atomic mass is 9.79. The van der Waals surface area contributed by atoms with Crippen LogP contribution in [0.1, 0.15) is 88.8 Å². The zero-order valence-corrected chi connectivity index (χ0v) is 43.3. The molecule has 23 heteroatoms. The number of rotatable bonds is 20. The topological polar surface area (TPSA) is 303 Å². The molecule has 0 radical (unpaired) electrons. The molecule has 1 aromatic heterocycles. The molecule has 0 bridgehead atoms. The third kappa shape index (κ3) is 12.0. The molecule has 19 nitrogen and oxygen atoms in total. The van der Waals surface area contributed by atoms with Gasteiger partial charge in [-0.25, -0.2) is 0 Å². The maximum Gasteiger partial charge on any atom is 0.303 e. The molecule has 1 aliphatic rings. The minimum absolute atomic E-state index is 0.00684. The Labute approximate surface area is 418 Å². The van der Waals surface area contributed by atoms with Gasteiger partial charge in [-0.05, 0) is 124 Å². The Morgan fingerprint density at radius 3 is 1.93 bits per heavy atom. The summed E-state index contributed by atoms with van der Waals surface area (Å²) < 4.78 is 141. The summed E-state index contributed by atoms with van der Waals surface area (Å²) in [4.78, 5) is 27.7. The highest BCUT2D eigenvalue weighted by atomic mass is 32.2. The molecule has 0 unspecified atom stereocenters. The van der Waals surface area contributed by atoms with Crippen molar-refractivity contribution in [1.82, 2.24) is 10.3 Å². The second-order valence-electron chi connectivity index (χ2n) is 17.8. The second-order valence-corrected chi connectivity index (χ2v) is 23.4. The lowest BCUT2D eigenvalue weighted by Crippen LogP contribution is -2.28. The fourth-order valence-electron chi connectivity index (χ4n) is 8.93. The SMILES string of the molecule is CCN(/C(=C/C=C(/C=C/C1=[N+](CC)c2ccc3c(S(=O)(=O)O)cc(S(=O)(=O)O)cc3c2C1(C)C)c1ccc(C(=O)NCCCCCC(=O)O)cn1)C(C)C)c1ccc2c(S(=O)(=O)O)cc(S(=O)(=O)O)cc2c1. The van der Waals surface area contributed by atoms with Crippen LogP contribution in [0.25, 0.3) is 27.1 Å². The van der Waals surface area contributed by atoms with Crippen LogP contribution < -0.4 is 10.2 Å². The van der Waals surface area contributed by atoms with Crippen molar-refractivity contribution in [2.24, 2.45) is 5.92 Å². The van der Waals surface area contributed by atoms with Crippen LogP contribution in [0.15, 0.2) is 123 Å². The van der Waals surface area contributed by atoms with Gasteiger partial charge in [0.15, 0.2) is 5.71 Å². The van der Waals surface area contributed by atoms with Crippen molar-refractivity contribution in [3.8, 4) is 0 Å². The van der Waals surface area contributed by atoms with E-state index in [4.69, 9.17) is 5.11 Å². The molecule has 0 saturated carbocycles. The molecule has 0 fully saturated rings. The van der Waals surface area contributed by atoms with Gasteiger partial charge in [-0.2, -0.15) is 38.2 Å². The molecule has 0 spiro atoms. The zero-order chi connectivity index (χ0) is 53.3. The number of fused-ring (bicyclic) bond motifs is 4. The van der Waals surface area contributed by atoms with Crippen LogP contribution >= 0.6 is 0 Å². The second kappa shape index (κ2) is 21.1. The summed E-state index contributed by atoms with van der Waals surface area (Å²) in [6.45, 7) is 12.4. The number of anilines is 1. The van der Waals surface area contributed by atoms with Crippen molar-refractivity contribution in [3.05, 3.63) is 120 Å². The minimum Gasteiger partial charge on any atom is -0.481 e. The summed E-state index contributed by atoms with van der Waals surface area (Å²) in [6, 6.07) is 14.6. The number of carbonyl (C=O) groups is 2. The zero-order valence-electron chi connectivity index (χ0n) is 40.1. The Kier molecular flexibility index (Phi) is 16.2. The first kappa shape index (κ1) is 55.1. The number of benzene rings is 4. The van der Waals surface area contributed by atoms with E-state index in [0.717, 1.165) is 11.8 Å². The van der Waals surface area contributed by atoms with Crippen molar-refractivity contribution in [2.75, 3.05) is 24.5 Å². The molecule has 384 valence electrons. The highest BCUT2D eigenvalue weighted by Gasteiger charge is 2.46. The fraction of sp³-hybridized carbons (Fsp3) is 0.306. The first-order chi connectivity index (χ1) is 33.5. The fourth-order valence-corrected chi connectivity index (χ4v) is 11.6. The predicted molar refractivity (Wildman–Crippen MR) is 271 cm³/mol. The number of nitrogens with zero attached hydrogens (tertiary/aromatic N) is 3. The normalized spacial score (nSPS) is 14.7. The van der Waals surface area contributed by atoms with Crippen molar-refractivity contribution in [1.29, 1.82) is 0 Å². The molecule has 5 aromatic rings. The Balaban J connectivity index is 1.49. The van der Waals surface area contributed by atoms with Crippen LogP contribution in [0.3, 0.4) is 0 Å². The summed E-state index contributed by atoms with van der Waals surface area (Å²) in [5.74, 6) is -1.47. The number of carbonyl (C=O) groups excluding carboxylic acids is 1. The number of aliphatic carboxylic acids is 1. The van der Waals surface area contributed by atoms with Gasteiger partial charge in [-0.3, -0.25) is 32.8 Å². The number of amides is 1. The van der Waals surface area contributed by atoms with Gasteiger partial charge in [-0.1, -0.05) is 32.4 Å². The van der Waals surface area contributed by atoms with Crippen LogP contribution in [0.4, 0.5) is 11.4 Å². The van der Waals surface area contributed by atoms with E-state index in [2.05, 4.69) is 10.3 Å². The van der Waals surface area contributed by atoms with Gasteiger partial charge in [0.2, 0.25) is 5.69 Å². The first-order valence-corrected chi connectivity index (χ1v) is 28.3. The molecule has 1 aliphatic heterocycles. The molecule has 4 aromatic carbocycles. The van der Waals surface area contributed by atoms with Crippen LogP contribution in [0.5, 0.6) is 0 Å². The molecule has 2 heterocycles. The number of allylic oxidation sites excluding steroid dienone is 6. The molecule has 1 amide bonds. The van der Waals surface area contributed by atoms with Crippen LogP contribution in [-0.4, -0.2) is 104 Å². The lowest BCUT2D eigenvalue weighted by molar-refractivity contribution is -0.433. The molecule has 0 aliphatic carbocycles. The summed E-state index contributed by atoms with van der Waals surface area (Å²) in [5.41, 5.74) is 3.22. The number of hydrogen-bond acceptors (Lipinski definition) is 12. The van der Waals surface area contributed by atoms with E-state index in [1.165, 1.54) is 30.5 Å². The van der Waals surface area contributed by atoms with Gasteiger partial charge in [0.25, 0.3) is 46.4 Å². The highest BCUT2D eigenvalue weighted by molar-refractivity contribution is 7.87. The molecule has 6 N–H and O–H groups in total. The molecule has 0 atom stereocenters. The number of carboxylic acids is 1. The van der Waals surface area contributed by atoms with Gasteiger partial charge in [0.1, 0.15) is 16.3 Å². The minimum atomic E-state index is -4.98. The standard InChI is InChI=1S/C49H54N4O15S4/c1-7-52(34-16-17-37-33(24-34)25-35(69(57,58)59)27-43(37)71(63,64)65)41(30(3)4)20-14-31(40-19-13-32(29-51-40)48(56)50-23-11-9-10-12-46(54)55)15-22-45-49(5,6)47-39-26-36(70(60,61)62)28-44(72(66,67)68)38(39)18-21-42(47)53(45)8-2/h13-22,24-30H,7-12,23H2,1-6H3,(H5-,50,54,55,56,57,58,59,60,61,62,63,64,65,66,67,68)/p+1. The summed E-state index contributed by atoms with van der Waals surface area (Å²) >= 11 is 0. The largest absolute Gasteiger partial charge is 0.481 e. The smallest absolute Gasteiger partial charge is 0.303 e. The van der Waals surface area contributed by atoms with Crippen LogP contribution in [-0.2, 0) is 50.7 Å². The van der Waals surface area contributed by atoms with E-state index >= 15 is 0 Å². The van der Waals surface area contributed by atoms with E-state index in [9.17, 15) is 61.5 Å². The van der Waals surface area contributed by atoms with E-state index in [0.29, 0.717) is 84.9 Å². The van der Waals surface area contributed by atoms with E-state index in [-0.39, 0.29) is 39.4 Å². The number of aromatic nitrogens is 1. The number of pyridine rings is 1. The lowest BCUT2D eigenvalue weighted by Gasteiger charge is -2.29. The number of nitrogens with one attached hydrogen (secondary N) is 1. The van der Waals surface area contributed by atoms with Crippen molar-refractivity contribution >= 4 is 96.6 Å². The average molecular weight is 1070 g/mol. The van der Waals surface area contributed by atoms with Gasteiger partial charge in [-0.15, -0.1) is 0 Å². The van der Waals surface area contributed by atoms with Crippen molar-refractivity contribution < 1.29 is 71.2 Å². The third-order valence-electron chi connectivity index (χ3n) is 12.3. The maximum atomic E-state index is 13.1. The summed E-state index contributed by atoms with van der Waals surface area (Å²) in [6.07, 6.45) is 10.3. The predicted octanol–water partition coefficient (Wildman–Crippen LogP) is 7.85. The molecule has 72 heavy (non-hydrogen) atoms. The molecule has 6 rings (SSSR count). The van der Waals surface area contributed by atoms with Crippen LogP contribution in [0, 0.1) is 5.92 Å². The number of unbranched alkanes of at least 4 members (excludes halogenated alkanes) is 2. The quantitative estimate of drug-likeness (QED) is 0.0187. The monoisotopic (exact) mass is 1070 g/mol. The Bertz CT molecular complexity index is 3600.